The van der Waals surface area contributed by atoms with Crippen molar-refractivity contribution in [3.8, 4) is 11.8 Å². The molecule has 3 heteroatoms. The molecule has 0 aromatic heterocycles. The second-order valence-corrected chi connectivity index (χ2v) is 4.42. The Labute approximate surface area is 103 Å². The minimum Gasteiger partial charge on any atom is -0.490 e. The van der Waals surface area contributed by atoms with Gasteiger partial charge in [0.05, 0.1) is 17.8 Å². The van der Waals surface area contributed by atoms with Gasteiger partial charge >= 0.3 is 0 Å². The van der Waals surface area contributed by atoms with Crippen molar-refractivity contribution in [2.24, 2.45) is 0 Å². The number of hydrogen-bond acceptors (Lipinski definition) is 3. The van der Waals surface area contributed by atoms with Crippen LogP contribution < -0.4 is 4.74 Å². The number of para-hydroxylation sites is 1. The van der Waals surface area contributed by atoms with Gasteiger partial charge in [-0.3, -0.25) is 0 Å². The van der Waals surface area contributed by atoms with E-state index in [0.717, 1.165) is 6.42 Å². The van der Waals surface area contributed by atoms with Crippen LogP contribution in [-0.2, 0) is 4.74 Å². The average Bonchev–Trinajstić information content (AvgIpc) is 2.35. The van der Waals surface area contributed by atoms with E-state index in [1.165, 1.54) is 0 Å². The van der Waals surface area contributed by atoms with Crippen molar-refractivity contribution in [3.63, 3.8) is 0 Å². The minimum atomic E-state index is -0.113. The monoisotopic (exact) mass is 233 g/mol. The summed E-state index contributed by atoms with van der Waals surface area (Å²) >= 11 is 0. The van der Waals surface area contributed by atoms with E-state index in [0.29, 0.717) is 24.5 Å². The van der Waals surface area contributed by atoms with Gasteiger partial charge < -0.3 is 9.47 Å². The van der Waals surface area contributed by atoms with E-state index in [2.05, 4.69) is 26.8 Å². The zero-order chi connectivity index (χ0) is 12.7. The molecule has 0 radical (unpaired) electrons. The highest BCUT2D eigenvalue weighted by Crippen LogP contribution is 2.17. The van der Waals surface area contributed by atoms with Crippen LogP contribution in [0.15, 0.2) is 24.3 Å². The lowest BCUT2D eigenvalue weighted by molar-refractivity contribution is -0.0317. The van der Waals surface area contributed by atoms with Gasteiger partial charge in [0, 0.05) is 0 Å². The number of nitrogens with zero attached hydrogens (tertiary/aromatic N) is 1. The van der Waals surface area contributed by atoms with Crippen LogP contribution in [-0.4, -0.2) is 18.8 Å². The van der Waals surface area contributed by atoms with Gasteiger partial charge in [0.1, 0.15) is 18.4 Å². The van der Waals surface area contributed by atoms with E-state index in [1.807, 2.05) is 12.1 Å². The first-order chi connectivity index (χ1) is 8.09. The molecule has 0 N–H and O–H groups in total. The van der Waals surface area contributed by atoms with Gasteiger partial charge in [-0.2, -0.15) is 5.26 Å². The van der Waals surface area contributed by atoms with Crippen LogP contribution in [0.25, 0.3) is 0 Å². The molecule has 92 valence electrons. The predicted octanol–water partition coefficient (Wildman–Crippen LogP) is 3.14. The van der Waals surface area contributed by atoms with Crippen molar-refractivity contribution in [1.82, 2.24) is 0 Å². The Kier molecular flexibility index (Phi) is 4.99. The molecule has 0 fully saturated rings. The van der Waals surface area contributed by atoms with Crippen LogP contribution in [0.2, 0.25) is 0 Å². The number of benzene rings is 1. The Balaban J connectivity index is 2.39. The highest BCUT2D eigenvalue weighted by Gasteiger charge is 2.14. The zero-order valence-electron chi connectivity index (χ0n) is 10.7. The van der Waals surface area contributed by atoms with Gasteiger partial charge in [-0.1, -0.05) is 19.1 Å². The van der Waals surface area contributed by atoms with Gasteiger partial charge in [-0.05, 0) is 32.4 Å². The van der Waals surface area contributed by atoms with E-state index in [1.54, 1.807) is 12.1 Å². The summed E-state index contributed by atoms with van der Waals surface area (Å²) in [6.07, 6.45) is 0.960. The quantitative estimate of drug-likeness (QED) is 0.709. The third kappa shape index (κ3) is 4.46. The molecule has 0 saturated heterocycles. The molecule has 3 nitrogen and oxygen atoms in total. The second kappa shape index (κ2) is 6.27. The topological polar surface area (TPSA) is 42.2 Å². The van der Waals surface area contributed by atoms with Crippen LogP contribution >= 0.6 is 0 Å². The van der Waals surface area contributed by atoms with Crippen molar-refractivity contribution in [2.75, 3.05) is 13.2 Å². The number of hydrogen-bond donors (Lipinski definition) is 0. The molecular weight excluding hydrogens is 214 g/mol. The molecule has 1 aromatic rings. The van der Waals surface area contributed by atoms with E-state index in [4.69, 9.17) is 14.7 Å². The molecule has 0 aliphatic rings. The van der Waals surface area contributed by atoms with Gasteiger partial charge in [0.25, 0.3) is 0 Å². The normalized spacial score (nSPS) is 10.9. The third-order valence-corrected chi connectivity index (χ3v) is 2.69. The first-order valence-electron chi connectivity index (χ1n) is 5.85. The van der Waals surface area contributed by atoms with Crippen LogP contribution in [0, 0.1) is 11.3 Å². The molecular formula is C14H19NO2. The Hall–Kier alpha value is -1.53. The molecule has 0 bridgehead atoms. The van der Waals surface area contributed by atoms with E-state index in [9.17, 15) is 0 Å². The first-order valence-corrected chi connectivity index (χ1v) is 5.85. The number of rotatable bonds is 6. The summed E-state index contributed by atoms with van der Waals surface area (Å²) < 4.78 is 11.2. The van der Waals surface area contributed by atoms with Gasteiger partial charge in [0.2, 0.25) is 0 Å². The molecule has 0 unspecified atom stereocenters. The Morgan fingerprint density at radius 2 is 1.94 bits per heavy atom. The van der Waals surface area contributed by atoms with E-state index in [-0.39, 0.29) is 5.60 Å². The van der Waals surface area contributed by atoms with Crippen LogP contribution in [0.5, 0.6) is 5.75 Å². The molecule has 0 heterocycles. The fraction of sp³-hybridized carbons (Fsp3) is 0.500. The smallest absolute Gasteiger partial charge is 0.137 e. The first kappa shape index (κ1) is 13.5. The minimum absolute atomic E-state index is 0.113. The largest absolute Gasteiger partial charge is 0.490 e. The standard InChI is InChI=1S/C14H19NO2/c1-4-14(2,3)17-10-9-16-13-8-6-5-7-12(13)11-15/h5-8H,4,9-10H2,1-3H3. The van der Waals surface area contributed by atoms with Crippen molar-refractivity contribution in [1.29, 1.82) is 5.26 Å². The molecule has 0 aliphatic carbocycles. The van der Waals surface area contributed by atoms with Gasteiger partial charge in [-0.25, -0.2) is 0 Å². The fourth-order valence-electron chi connectivity index (χ4n) is 1.26. The zero-order valence-corrected chi connectivity index (χ0v) is 10.7. The molecule has 1 aromatic carbocycles. The summed E-state index contributed by atoms with van der Waals surface area (Å²) in [7, 11) is 0. The summed E-state index contributed by atoms with van der Waals surface area (Å²) in [5.41, 5.74) is 0.445. The molecule has 0 saturated carbocycles. The molecule has 0 spiro atoms. The maximum absolute atomic E-state index is 8.88. The van der Waals surface area contributed by atoms with Crippen LogP contribution in [0.1, 0.15) is 32.8 Å². The lowest BCUT2D eigenvalue weighted by atomic mass is 10.1. The van der Waals surface area contributed by atoms with Gasteiger partial charge in [0.15, 0.2) is 0 Å². The highest BCUT2D eigenvalue weighted by atomic mass is 16.5. The van der Waals surface area contributed by atoms with E-state index >= 15 is 0 Å². The lowest BCUT2D eigenvalue weighted by Gasteiger charge is -2.23. The van der Waals surface area contributed by atoms with Crippen LogP contribution in [0.4, 0.5) is 0 Å². The van der Waals surface area contributed by atoms with Crippen LogP contribution in [0.3, 0.4) is 0 Å². The second-order valence-electron chi connectivity index (χ2n) is 4.42. The summed E-state index contributed by atoms with van der Waals surface area (Å²) in [5, 5.41) is 8.88. The maximum atomic E-state index is 8.88. The fourth-order valence-corrected chi connectivity index (χ4v) is 1.26. The summed E-state index contributed by atoms with van der Waals surface area (Å²) in [6.45, 7) is 7.18. The van der Waals surface area contributed by atoms with Crippen molar-refractivity contribution in [2.45, 2.75) is 32.8 Å². The molecule has 0 atom stereocenters. The molecule has 0 aliphatic heterocycles. The van der Waals surface area contributed by atoms with E-state index < -0.39 is 0 Å². The molecule has 0 amide bonds. The lowest BCUT2D eigenvalue weighted by Crippen LogP contribution is -2.25. The summed E-state index contributed by atoms with van der Waals surface area (Å²) in [5.74, 6) is 0.618. The van der Waals surface area contributed by atoms with Crippen molar-refractivity contribution < 1.29 is 9.47 Å². The van der Waals surface area contributed by atoms with Gasteiger partial charge in [-0.15, -0.1) is 0 Å². The highest BCUT2D eigenvalue weighted by molar-refractivity contribution is 5.42. The van der Waals surface area contributed by atoms with Crippen molar-refractivity contribution in [3.05, 3.63) is 29.8 Å². The predicted molar refractivity (Wildman–Crippen MR) is 67.0 cm³/mol. The summed E-state index contributed by atoms with van der Waals surface area (Å²) in [4.78, 5) is 0. The number of ether oxygens (including phenoxy) is 2. The number of nitriles is 1. The Morgan fingerprint density at radius 3 is 2.59 bits per heavy atom. The Morgan fingerprint density at radius 1 is 1.24 bits per heavy atom. The summed E-state index contributed by atoms with van der Waals surface area (Å²) in [6, 6.07) is 9.31. The third-order valence-electron chi connectivity index (χ3n) is 2.69. The SMILES string of the molecule is CCC(C)(C)OCCOc1ccccc1C#N. The Bertz CT molecular complexity index is 393. The molecule has 1 rings (SSSR count). The maximum Gasteiger partial charge on any atom is 0.137 e. The molecule has 17 heavy (non-hydrogen) atoms. The van der Waals surface area contributed by atoms with Crippen molar-refractivity contribution >= 4 is 0 Å². The average molecular weight is 233 g/mol.